The molecule has 6 nitrogen and oxygen atoms in total. The minimum atomic E-state index is -0.913. The summed E-state index contributed by atoms with van der Waals surface area (Å²) in [7, 11) is 0. The second kappa shape index (κ2) is 13.7. The number of aromatic nitrogens is 1. The number of esters is 1. The normalized spacial score (nSPS) is 15.6. The Morgan fingerprint density at radius 1 is 1.02 bits per heavy atom. The van der Waals surface area contributed by atoms with Gasteiger partial charge in [-0.2, -0.15) is 0 Å². The van der Waals surface area contributed by atoms with Gasteiger partial charge in [0.2, 0.25) is 0 Å². The number of rotatable bonds is 10. The van der Waals surface area contributed by atoms with Crippen molar-refractivity contribution in [3.8, 4) is 16.9 Å². The number of anilines is 1. The van der Waals surface area contributed by atoms with E-state index >= 15 is 0 Å². The number of hydrogen-bond donors (Lipinski definition) is 0. The zero-order valence-electron chi connectivity index (χ0n) is 28.0. The molecule has 2 heterocycles. The van der Waals surface area contributed by atoms with E-state index in [0.29, 0.717) is 18.6 Å². The Kier molecular flexibility index (Phi) is 10.4. The third kappa shape index (κ3) is 8.17. The first kappa shape index (κ1) is 33.4. The van der Waals surface area contributed by atoms with Crippen LogP contribution in [0, 0.1) is 32.0 Å². The average molecular weight is 605 g/mol. The van der Waals surface area contributed by atoms with Gasteiger partial charge in [-0.25, -0.2) is 9.18 Å². The number of nitrogens with zero attached hydrogens (tertiary/aromatic N) is 2. The van der Waals surface area contributed by atoms with Crippen LogP contribution in [-0.2, 0) is 20.7 Å². The van der Waals surface area contributed by atoms with Gasteiger partial charge in [0, 0.05) is 42.0 Å². The summed E-state index contributed by atoms with van der Waals surface area (Å²) in [5.41, 5.74) is 6.76. The highest BCUT2D eigenvalue weighted by Gasteiger charge is 2.37. The molecule has 1 unspecified atom stereocenters. The lowest BCUT2D eigenvalue weighted by atomic mass is 9.82. The topological polar surface area (TPSA) is 60.9 Å². The number of hydrogen-bond acceptors (Lipinski definition) is 6. The molecule has 1 aliphatic heterocycles. The van der Waals surface area contributed by atoms with Gasteiger partial charge < -0.3 is 19.1 Å². The molecular weight excluding hydrogens is 555 g/mol. The van der Waals surface area contributed by atoms with Gasteiger partial charge in [0.1, 0.15) is 11.6 Å². The van der Waals surface area contributed by atoms with Crippen LogP contribution in [-0.4, -0.2) is 42.9 Å². The van der Waals surface area contributed by atoms with Crippen molar-refractivity contribution in [3.05, 3.63) is 76.4 Å². The molecule has 3 aromatic rings. The predicted octanol–water partition coefficient (Wildman–Crippen LogP) is 8.48. The summed E-state index contributed by atoms with van der Waals surface area (Å²) in [4.78, 5) is 20.9. The van der Waals surface area contributed by atoms with Crippen molar-refractivity contribution in [1.29, 1.82) is 0 Å². The van der Waals surface area contributed by atoms with Gasteiger partial charge >= 0.3 is 5.97 Å². The maximum Gasteiger partial charge on any atom is 0.340 e. The molecule has 4 rings (SSSR count). The van der Waals surface area contributed by atoms with Crippen molar-refractivity contribution >= 4 is 11.7 Å². The van der Waals surface area contributed by atoms with E-state index in [1.165, 1.54) is 6.07 Å². The van der Waals surface area contributed by atoms with Gasteiger partial charge in [0.15, 0.2) is 6.10 Å². The number of aryl methyl sites for hydroxylation is 3. The molecule has 0 N–H and O–H groups in total. The number of carbonyl (C=O) groups is 1. The van der Waals surface area contributed by atoms with E-state index in [9.17, 15) is 9.18 Å². The number of ether oxygens (including phenoxy) is 3. The highest BCUT2D eigenvalue weighted by molar-refractivity contribution is 5.88. The molecule has 0 saturated carbocycles. The number of pyridine rings is 1. The van der Waals surface area contributed by atoms with Crippen molar-refractivity contribution < 1.29 is 23.4 Å². The summed E-state index contributed by atoms with van der Waals surface area (Å²) in [5, 5.41) is 0. The lowest BCUT2D eigenvalue weighted by molar-refractivity contribution is -0.166. The van der Waals surface area contributed by atoms with Crippen LogP contribution >= 0.6 is 0 Å². The lowest BCUT2D eigenvalue weighted by Gasteiger charge is -2.41. The molecule has 1 aliphatic rings. The molecule has 0 bridgehead atoms. The standard InChI is InChI=1S/C37H49FN2O4/c1-10-42-35(41)34(44-36(5,6)7)32-26(4)39-25(3)31(33(32)40-20-18-37(8,9)19-21-40)28-12-14-29(15-13-28)43-22-17-27-11-16-30(38)24(2)23-27/h11-16,23,34H,10,17-22H2,1-9H3. The Hall–Kier alpha value is -3.45. The van der Waals surface area contributed by atoms with Crippen LogP contribution in [0.25, 0.3) is 11.1 Å². The molecule has 1 saturated heterocycles. The van der Waals surface area contributed by atoms with E-state index in [1.54, 1.807) is 13.0 Å². The molecule has 2 aromatic carbocycles. The van der Waals surface area contributed by atoms with Crippen molar-refractivity contribution in [2.45, 2.75) is 93.3 Å². The van der Waals surface area contributed by atoms with Crippen LogP contribution < -0.4 is 9.64 Å². The molecule has 0 amide bonds. The van der Waals surface area contributed by atoms with E-state index in [2.05, 4.69) is 30.9 Å². The predicted molar refractivity (Wildman–Crippen MR) is 175 cm³/mol. The van der Waals surface area contributed by atoms with Crippen molar-refractivity contribution in [2.75, 3.05) is 31.2 Å². The Balaban J connectivity index is 1.73. The molecule has 0 aliphatic carbocycles. The van der Waals surface area contributed by atoms with Gasteiger partial charge in [-0.3, -0.25) is 4.98 Å². The van der Waals surface area contributed by atoms with E-state index in [1.807, 2.05) is 59.7 Å². The molecule has 7 heteroatoms. The largest absolute Gasteiger partial charge is 0.493 e. The minimum Gasteiger partial charge on any atom is -0.493 e. The molecule has 0 radical (unpaired) electrons. The third-order valence-electron chi connectivity index (χ3n) is 8.27. The molecule has 0 spiro atoms. The summed E-state index contributed by atoms with van der Waals surface area (Å²) in [6.45, 7) is 20.6. The van der Waals surface area contributed by atoms with Crippen LogP contribution in [0.5, 0.6) is 5.75 Å². The zero-order chi connectivity index (χ0) is 32.2. The van der Waals surface area contributed by atoms with Crippen LogP contribution in [0.2, 0.25) is 0 Å². The minimum absolute atomic E-state index is 0.194. The SMILES string of the molecule is CCOC(=O)C(OC(C)(C)C)c1c(C)nc(C)c(-c2ccc(OCCc3ccc(F)c(C)c3)cc2)c1N1CCC(C)(C)CC1. The van der Waals surface area contributed by atoms with E-state index in [4.69, 9.17) is 19.2 Å². The monoisotopic (exact) mass is 604 g/mol. The molecule has 44 heavy (non-hydrogen) atoms. The lowest BCUT2D eigenvalue weighted by Crippen LogP contribution is -2.39. The summed E-state index contributed by atoms with van der Waals surface area (Å²) in [5.74, 6) is 0.161. The zero-order valence-corrected chi connectivity index (χ0v) is 28.0. The number of piperidine rings is 1. The summed E-state index contributed by atoms with van der Waals surface area (Å²) < 4.78 is 31.7. The Bertz CT molecular complexity index is 1450. The number of halogens is 1. The fourth-order valence-corrected chi connectivity index (χ4v) is 5.83. The second-order valence-electron chi connectivity index (χ2n) is 13.6. The molecule has 1 aromatic heterocycles. The van der Waals surface area contributed by atoms with Crippen LogP contribution in [0.1, 0.15) is 88.6 Å². The van der Waals surface area contributed by atoms with Crippen LogP contribution in [0.15, 0.2) is 42.5 Å². The molecule has 1 fully saturated rings. The maximum absolute atomic E-state index is 13.6. The highest BCUT2D eigenvalue weighted by Crippen LogP contribution is 2.45. The third-order valence-corrected chi connectivity index (χ3v) is 8.27. The van der Waals surface area contributed by atoms with Gasteiger partial charge in [0.05, 0.1) is 24.5 Å². The first-order valence-electron chi connectivity index (χ1n) is 15.8. The second-order valence-corrected chi connectivity index (χ2v) is 13.6. The quantitative estimate of drug-likeness (QED) is 0.216. The van der Waals surface area contributed by atoms with E-state index in [-0.39, 0.29) is 17.8 Å². The average Bonchev–Trinajstić information content (AvgIpc) is 2.94. The molecule has 238 valence electrons. The van der Waals surface area contributed by atoms with Gasteiger partial charge in [-0.05, 0) is 102 Å². The maximum atomic E-state index is 13.6. The molecule has 1 atom stereocenters. The Morgan fingerprint density at radius 3 is 2.27 bits per heavy atom. The summed E-state index contributed by atoms with van der Waals surface area (Å²) in [6.07, 6.45) is 1.85. The van der Waals surface area contributed by atoms with Crippen molar-refractivity contribution in [2.24, 2.45) is 5.41 Å². The smallest absolute Gasteiger partial charge is 0.340 e. The van der Waals surface area contributed by atoms with E-state index in [0.717, 1.165) is 71.0 Å². The van der Waals surface area contributed by atoms with Gasteiger partial charge in [-0.15, -0.1) is 0 Å². The van der Waals surface area contributed by atoms with Crippen molar-refractivity contribution in [3.63, 3.8) is 0 Å². The Morgan fingerprint density at radius 2 is 1.68 bits per heavy atom. The Labute approximate surface area is 262 Å². The van der Waals surface area contributed by atoms with Gasteiger partial charge in [-0.1, -0.05) is 38.1 Å². The molecular formula is C37H49FN2O4. The first-order valence-corrected chi connectivity index (χ1v) is 15.8. The van der Waals surface area contributed by atoms with Crippen LogP contribution in [0.4, 0.5) is 10.1 Å². The first-order chi connectivity index (χ1) is 20.7. The fraction of sp³-hybridized carbons (Fsp3) is 0.514. The summed E-state index contributed by atoms with van der Waals surface area (Å²) in [6, 6.07) is 13.2. The van der Waals surface area contributed by atoms with Gasteiger partial charge in [0.25, 0.3) is 0 Å². The highest BCUT2D eigenvalue weighted by atomic mass is 19.1. The fourth-order valence-electron chi connectivity index (χ4n) is 5.83. The number of benzene rings is 2. The van der Waals surface area contributed by atoms with Crippen molar-refractivity contribution in [1.82, 2.24) is 4.98 Å². The van der Waals surface area contributed by atoms with Crippen LogP contribution in [0.3, 0.4) is 0 Å². The van der Waals surface area contributed by atoms with E-state index < -0.39 is 17.7 Å². The summed E-state index contributed by atoms with van der Waals surface area (Å²) >= 11 is 0. The number of carbonyl (C=O) groups excluding carboxylic acids is 1.